The van der Waals surface area contributed by atoms with Gasteiger partial charge in [0.15, 0.2) is 0 Å². The quantitative estimate of drug-likeness (QED) is 0.535. The zero-order valence-corrected chi connectivity index (χ0v) is 16.8. The molecule has 152 valence electrons. The molecule has 7 nitrogen and oxygen atoms in total. The fraction of sp³-hybridized carbons (Fsp3) is 0.550. The first-order valence-corrected chi connectivity index (χ1v) is 9.69. The molecule has 1 aromatic carbocycles. The topological polar surface area (TPSA) is 130 Å². The molecule has 0 aromatic heterocycles. The van der Waals surface area contributed by atoms with Gasteiger partial charge in [-0.1, -0.05) is 39.0 Å². The highest BCUT2D eigenvalue weighted by atomic mass is 35.5. The number of carbonyl (C=O) groups excluding carboxylic acids is 1. The second-order valence-electron chi connectivity index (χ2n) is 7.98. The Morgan fingerprint density at radius 1 is 1.14 bits per heavy atom. The number of benzene rings is 1. The Morgan fingerprint density at radius 2 is 1.71 bits per heavy atom. The number of alkyl halides is 1. The monoisotopic (exact) mass is 408 g/mol. The highest BCUT2D eigenvalue weighted by Crippen LogP contribution is 2.83. The number of aliphatic carboxylic acids is 2. The molecule has 0 radical (unpaired) electrons. The van der Waals surface area contributed by atoms with Crippen molar-refractivity contribution in [3.8, 4) is 0 Å². The summed E-state index contributed by atoms with van der Waals surface area (Å²) < 4.78 is 0. The predicted molar refractivity (Wildman–Crippen MR) is 104 cm³/mol. The van der Waals surface area contributed by atoms with Crippen LogP contribution in [0.15, 0.2) is 30.3 Å². The van der Waals surface area contributed by atoms with Gasteiger partial charge in [-0.2, -0.15) is 0 Å². The summed E-state index contributed by atoms with van der Waals surface area (Å²) in [7, 11) is 0. The molecule has 2 aliphatic carbocycles. The minimum absolute atomic E-state index is 0.0598. The Kier molecular flexibility index (Phi) is 4.56. The van der Waals surface area contributed by atoms with Gasteiger partial charge in [-0.15, -0.1) is 11.6 Å². The molecule has 0 bridgehead atoms. The average Bonchev–Trinajstić information content (AvgIpc) is 3.27. The SMILES string of the molecule is CCC1(Cl)C2C(C(=O)O)C2(C)C(N)(C(=O)O)C1(CC)C(=O)Nc1ccccc1. The lowest BCUT2D eigenvalue weighted by Crippen LogP contribution is -2.72. The van der Waals surface area contributed by atoms with E-state index in [-0.39, 0.29) is 12.8 Å². The van der Waals surface area contributed by atoms with Crippen LogP contribution in [0.2, 0.25) is 0 Å². The predicted octanol–water partition coefficient (Wildman–Crippen LogP) is 2.54. The fourth-order valence-electron chi connectivity index (χ4n) is 5.99. The molecule has 3 rings (SSSR count). The number of nitrogens with one attached hydrogen (secondary N) is 1. The molecule has 6 unspecified atom stereocenters. The molecular weight excluding hydrogens is 384 g/mol. The number of nitrogens with two attached hydrogens (primary N) is 1. The Bertz CT molecular complexity index is 848. The largest absolute Gasteiger partial charge is 0.481 e. The van der Waals surface area contributed by atoms with Gasteiger partial charge in [0, 0.05) is 17.0 Å². The summed E-state index contributed by atoms with van der Waals surface area (Å²) in [6.07, 6.45) is 0.269. The van der Waals surface area contributed by atoms with Gasteiger partial charge in [0.25, 0.3) is 0 Å². The number of rotatable bonds is 6. The van der Waals surface area contributed by atoms with Gasteiger partial charge in [-0.05, 0) is 25.0 Å². The molecule has 0 spiro atoms. The first-order chi connectivity index (χ1) is 13.0. The van der Waals surface area contributed by atoms with Crippen LogP contribution in [0.25, 0.3) is 0 Å². The number of hydrogen-bond donors (Lipinski definition) is 4. The van der Waals surface area contributed by atoms with Gasteiger partial charge < -0.3 is 21.3 Å². The second-order valence-corrected chi connectivity index (χ2v) is 8.66. The summed E-state index contributed by atoms with van der Waals surface area (Å²) in [6, 6.07) is 8.63. The summed E-state index contributed by atoms with van der Waals surface area (Å²) in [6.45, 7) is 4.94. The van der Waals surface area contributed by atoms with Gasteiger partial charge in [0.1, 0.15) is 5.54 Å². The highest BCUT2D eigenvalue weighted by molar-refractivity contribution is 6.29. The van der Waals surface area contributed by atoms with Crippen LogP contribution in [0.5, 0.6) is 0 Å². The van der Waals surface area contributed by atoms with E-state index in [0.29, 0.717) is 5.69 Å². The molecule has 0 aliphatic heterocycles. The first-order valence-electron chi connectivity index (χ1n) is 9.31. The third-order valence-electron chi connectivity index (χ3n) is 7.31. The van der Waals surface area contributed by atoms with Crippen molar-refractivity contribution in [2.45, 2.75) is 44.0 Å². The van der Waals surface area contributed by atoms with Crippen LogP contribution < -0.4 is 11.1 Å². The molecule has 8 heteroatoms. The molecule has 6 atom stereocenters. The van der Waals surface area contributed by atoms with Crippen LogP contribution >= 0.6 is 11.6 Å². The van der Waals surface area contributed by atoms with Crippen molar-refractivity contribution in [3.05, 3.63) is 30.3 Å². The maximum Gasteiger partial charge on any atom is 0.325 e. The van der Waals surface area contributed by atoms with E-state index < -0.39 is 50.9 Å². The number of carboxylic acid groups (broad SMARTS) is 2. The molecule has 0 heterocycles. The van der Waals surface area contributed by atoms with Gasteiger partial charge in [0.05, 0.1) is 16.2 Å². The van der Waals surface area contributed by atoms with Crippen molar-refractivity contribution in [2.75, 3.05) is 5.32 Å². The van der Waals surface area contributed by atoms with Crippen molar-refractivity contribution in [1.29, 1.82) is 0 Å². The van der Waals surface area contributed by atoms with Crippen LogP contribution in [0, 0.1) is 22.7 Å². The molecule has 1 aromatic rings. The van der Waals surface area contributed by atoms with Gasteiger partial charge in [-0.25, -0.2) is 0 Å². The summed E-state index contributed by atoms with van der Waals surface area (Å²) in [5, 5.41) is 22.6. The highest BCUT2D eigenvalue weighted by Gasteiger charge is 2.95. The lowest BCUT2D eigenvalue weighted by Gasteiger charge is -2.50. The molecule has 1 amide bonds. The zero-order valence-electron chi connectivity index (χ0n) is 16.0. The van der Waals surface area contributed by atoms with Crippen LogP contribution in [0.3, 0.4) is 0 Å². The van der Waals surface area contributed by atoms with Crippen molar-refractivity contribution in [3.63, 3.8) is 0 Å². The van der Waals surface area contributed by atoms with E-state index in [0.717, 1.165) is 0 Å². The Hall–Kier alpha value is -2.12. The number of anilines is 1. The standard InChI is InChI=1S/C20H25ClN2O5/c1-4-18(15(26)23-11-9-7-6-8-10-11)19(21,5-2)13-12(14(24)25)17(13,3)20(18,22)16(27)28/h6-10,12-13H,4-5,22H2,1-3H3,(H,23,26)(H,24,25)(H,27,28). The van der Waals surface area contributed by atoms with Crippen LogP contribution in [-0.4, -0.2) is 38.5 Å². The van der Waals surface area contributed by atoms with E-state index in [9.17, 15) is 24.6 Å². The molecule has 2 fully saturated rings. The van der Waals surface area contributed by atoms with Crippen LogP contribution in [0.4, 0.5) is 5.69 Å². The second kappa shape index (κ2) is 6.19. The van der Waals surface area contributed by atoms with Crippen molar-refractivity contribution in [1.82, 2.24) is 0 Å². The lowest BCUT2D eigenvalue weighted by atomic mass is 9.57. The van der Waals surface area contributed by atoms with Crippen molar-refractivity contribution < 1.29 is 24.6 Å². The summed E-state index contributed by atoms with van der Waals surface area (Å²) in [5.41, 5.74) is 1.85. The maximum absolute atomic E-state index is 13.6. The van der Waals surface area contributed by atoms with E-state index in [1.54, 1.807) is 44.2 Å². The number of halogens is 1. The van der Waals surface area contributed by atoms with E-state index in [1.165, 1.54) is 6.92 Å². The zero-order chi connectivity index (χ0) is 21.1. The fourth-order valence-corrected chi connectivity index (χ4v) is 6.71. The molecule has 5 N–H and O–H groups in total. The average molecular weight is 409 g/mol. The summed E-state index contributed by atoms with van der Waals surface area (Å²) >= 11 is 7.02. The number of carbonyl (C=O) groups is 3. The minimum atomic E-state index is -2.14. The first kappa shape index (κ1) is 20.6. The number of para-hydroxylation sites is 1. The molecular formula is C20H25ClN2O5. The van der Waals surface area contributed by atoms with E-state index in [2.05, 4.69) is 5.32 Å². The van der Waals surface area contributed by atoms with E-state index in [1.807, 2.05) is 0 Å². The smallest absolute Gasteiger partial charge is 0.325 e. The summed E-state index contributed by atoms with van der Waals surface area (Å²) in [5.74, 6) is -4.90. The van der Waals surface area contributed by atoms with Gasteiger partial charge in [-0.3, -0.25) is 14.4 Å². The van der Waals surface area contributed by atoms with E-state index >= 15 is 0 Å². The molecule has 0 saturated heterocycles. The van der Waals surface area contributed by atoms with Gasteiger partial charge >= 0.3 is 11.9 Å². The Morgan fingerprint density at radius 3 is 2.14 bits per heavy atom. The summed E-state index contributed by atoms with van der Waals surface area (Å²) in [4.78, 5) is 36.5. The maximum atomic E-state index is 13.6. The third-order valence-corrected chi connectivity index (χ3v) is 8.13. The van der Waals surface area contributed by atoms with Crippen LogP contribution in [0.1, 0.15) is 33.6 Å². The lowest BCUT2D eigenvalue weighted by molar-refractivity contribution is -0.160. The number of carboxylic acids is 2. The Balaban J connectivity index is 2.22. The number of amides is 1. The number of hydrogen-bond acceptors (Lipinski definition) is 4. The van der Waals surface area contributed by atoms with Crippen molar-refractivity contribution >= 4 is 35.1 Å². The molecule has 2 saturated carbocycles. The molecule has 28 heavy (non-hydrogen) atoms. The Labute approximate surface area is 168 Å². The minimum Gasteiger partial charge on any atom is -0.481 e. The third kappa shape index (κ3) is 2.01. The van der Waals surface area contributed by atoms with E-state index in [4.69, 9.17) is 17.3 Å². The van der Waals surface area contributed by atoms with Crippen molar-refractivity contribution in [2.24, 2.45) is 28.4 Å². The van der Waals surface area contributed by atoms with Crippen LogP contribution in [-0.2, 0) is 14.4 Å². The normalized spacial score (nSPS) is 41.2. The molecule has 2 aliphatic rings. The van der Waals surface area contributed by atoms with Gasteiger partial charge in [0.2, 0.25) is 5.91 Å². The number of fused-ring (bicyclic) bond motifs is 1.